The molecule has 0 radical (unpaired) electrons. The number of H-pyrrole nitrogens is 1. The molecule has 2 aliphatic heterocycles. The van der Waals surface area contributed by atoms with Gasteiger partial charge >= 0.3 is 0 Å². The van der Waals surface area contributed by atoms with Gasteiger partial charge in [0, 0.05) is 34.4 Å². The molecule has 1 unspecified atom stereocenters. The quantitative estimate of drug-likeness (QED) is 0.415. The summed E-state index contributed by atoms with van der Waals surface area (Å²) in [6.07, 6.45) is 1.78. The van der Waals surface area contributed by atoms with Crippen LogP contribution >= 0.6 is 11.3 Å². The molecule has 2 N–H and O–H groups in total. The number of carbonyl (C=O) groups excluding carboxylic acids is 2. The van der Waals surface area contributed by atoms with Crippen LogP contribution in [-0.2, 0) is 4.79 Å². The molecule has 2 aromatic carbocycles. The number of nitrogens with one attached hydrogen (secondary N) is 1. The maximum atomic E-state index is 13.8. The molecule has 0 saturated heterocycles. The van der Waals surface area contributed by atoms with Gasteiger partial charge in [0.2, 0.25) is 12.6 Å². The van der Waals surface area contributed by atoms with E-state index in [4.69, 9.17) is 9.47 Å². The number of benzene rings is 2. The standard InChI is InChI=1S/C25H19N3O5S/c1-12-24(34-13(2)27-12)22(29)20-21(16-10-26-17-6-4-3-5-15(16)17)28(25(31)23(20)30)14-7-8-18-19(9-14)33-11-32-18/h3-10,21,26,30H,11H2,1-2H3. The van der Waals surface area contributed by atoms with Crippen molar-refractivity contribution in [3.05, 3.63) is 81.1 Å². The molecule has 0 fully saturated rings. The lowest BCUT2D eigenvalue weighted by molar-refractivity contribution is -0.117. The van der Waals surface area contributed by atoms with Crippen LogP contribution in [0.15, 0.2) is 60.0 Å². The third-order valence-electron chi connectivity index (χ3n) is 6.11. The molecule has 9 heteroatoms. The molecule has 1 atom stereocenters. The Balaban J connectivity index is 1.56. The van der Waals surface area contributed by atoms with Crippen molar-refractivity contribution in [1.29, 1.82) is 0 Å². The SMILES string of the molecule is Cc1nc(C)c(C(=O)C2=C(O)C(=O)N(c3ccc4c(c3)OCO4)C2c2c[nH]c3ccccc23)s1. The summed E-state index contributed by atoms with van der Waals surface area (Å²) in [5.74, 6) is -0.563. The van der Waals surface area contributed by atoms with Crippen LogP contribution in [0.1, 0.15) is 32.0 Å². The number of nitrogens with zero attached hydrogens (tertiary/aromatic N) is 2. The zero-order valence-corrected chi connectivity index (χ0v) is 19.1. The van der Waals surface area contributed by atoms with Gasteiger partial charge in [-0.25, -0.2) is 4.98 Å². The molecule has 4 aromatic rings. The Kier molecular flexibility index (Phi) is 4.50. The number of anilines is 1. The van der Waals surface area contributed by atoms with Gasteiger partial charge in [0.05, 0.1) is 27.2 Å². The molecule has 0 aliphatic carbocycles. The van der Waals surface area contributed by atoms with E-state index in [-0.39, 0.29) is 12.4 Å². The van der Waals surface area contributed by atoms with Crippen LogP contribution < -0.4 is 14.4 Å². The summed E-state index contributed by atoms with van der Waals surface area (Å²) in [6.45, 7) is 3.66. The molecule has 8 nitrogen and oxygen atoms in total. The Labute approximate surface area is 198 Å². The summed E-state index contributed by atoms with van der Waals surface area (Å²) in [6, 6.07) is 11.9. The number of aryl methyl sites for hydroxylation is 2. The van der Waals surface area contributed by atoms with Crippen molar-refractivity contribution in [2.45, 2.75) is 19.9 Å². The molecule has 6 rings (SSSR count). The second-order valence-corrected chi connectivity index (χ2v) is 9.35. The molecular formula is C25H19N3O5S. The topological polar surface area (TPSA) is 105 Å². The predicted molar refractivity (Wildman–Crippen MR) is 127 cm³/mol. The fourth-order valence-electron chi connectivity index (χ4n) is 4.62. The zero-order chi connectivity index (χ0) is 23.6. The largest absolute Gasteiger partial charge is 0.503 e. The third kappa shape index (κ3) is 2.94. The summed E-state index contributed by atoms with van der Waals surface area (Å²) in [7, 11) is 0. The lowest BCUT2D eigenvalue weighted by Crippen LogP contribution is -2.31. The van der Waals surface area contributed by atoms with Crippen molar-refractivity contribution < 1.29 is 24.2 Å². The van der Waals surface area contributed by atoms with Crippen molar-refractivity contribution in [3.63, 3.8) is 0 Å². The van der Waals surface area contributed by atoms with Gasteiger partial charge < -0.3 is 19.6 Å². The van der Waals surface area contributed by atoms with Gasteiger partial charge in [-0.05, 0) is 32.0 Å². The van der Waals surface area contributed by atoms with Crippen molar-refractivity contribution in [2.75, 3.05) is 11.7 Å². The van der Waals surface area contributed by atoms with E-state index in [1.807, 2.05) is 31.2 Å². The number of thiazole rings is 1. The summed E-state index contributed by atoms with van der Waals surface area (Å²) in [5, 5.41) is 12.6. The van der Waals surface area contributed by atoms with Crippen molar-refractivity contribution in [2.24, 2.45) is 0 Å². The minimum absolute atomic E-state index is 0.0270. The van der Waals surface area contributed by atoms with E-state index >= 15 is 0 Å². The first-order valence-corrected chi connectivity index (χ1v) is 11.5. The predicted octanol–water partition coefficient (Wildman–Crippen LogP) is 4.75. The van der Waals surface area contributed by atoms with Gasteiger partial charge in [0.25, 0.3) is 5.91 Å². The monoisotopic (exact) mass is 473 g/mol. The zero-order valence-electron chi connectivity index (χ0n) is 18.3. The average Bonchev–Trinajstić information content (AvgIpc) is 3.59. The molecule has 1 amide bonds. The Morgan fingerprint density at radius 3 is 2.76 bits per heavy atom. The Morgan fingerprint density at radius 1 is 1.18 bits per heavy atom. The number of para-hydroxylation sites is 1. The van der Waals surface area contributed by atoms with Gasteiger partial charge in [-0.3, -0.25) is 14.5 Å². The number of amides is 1. The van der Waals surface area contributed by atoms with Gasteiger partial charge in [0.1, 0.15) is 0 Å². The number of hydrogen-bond donors (Lipinski definition) is 2. The number of aromatic nitrogens is 2. The second kappa shape index (κ2) is 7.46. The number of fused-ring (bicyclic) bond motifs is 2. The molecule has 2 aromatic heterocycles. The lowest BCUT2D eigenvalue weighted by Gasteiger charge is -2.26. The minimum atomic E-state index is -0.849. The maximum absolute atomic E-state index is 13.8. The van der Waals surface area contributed by atoms with Crippen molar-refractivity contribution in [1.82, 2.24) is 9.97 Å². The van der Waals surface area contributed by atoms with Crippen LogP contribution in [0.25, 0.3) is 10.9 Å². The lowest BCUT2D eigenvalue weighted by atomic mass is 9.94. The summed E-state index contributed by atoms with van der Waals surface area (Å²) >= 11 is 1.25. The first-order chi connectivity index (χ1) is 16.4. The van der Waals surface area contributed by atoms with Gasteiger partial charge in [-0.15, -0.1) is 11.3 Å². The number of aliphatic hydroxyl groups is 1. The van der Waals surface area contributed by atoms with E-state index in [9.17, 15) is 14.7 Å². The number of aliphatic hydroxyl groups excluding tert-OH is 1. The Morgan fingerprint density at radius 2 is 1.97 bits per heavy atom. The molecule has 0 bridgehead atoms. The molecular weight excluding hydrogens is 454 g/mol. The highest BCUT2D eigenvalue weighted by Gasteiger charge is 2.46. The van der Waals surface area contributed by atoms with Crippen molar-refractivity contribution in [3.8, 4) is 11.5 Å². The number of Topliss-reactive ketones (excluding diaryl/α,β-unsaturated/α-hetero) is 1. The molecule has 2 aliphatic rings. The molecule has 34 heavy (non-hydrogen) atoms. The van der Waals surface area contributed by atoms with Crippen LogP contribution in [0, 0.1) is 13.8 Å². The first kappa shape index (κ1) is 20.5. The van der Waals surface area contributed by atoms with E-state index in [1.54, 1.807) is 31.3 Å². The van der Waals surface area contributed by atoms with Gasteiger partial charge in [-0.2, -0.15) is 0 Å². The van der Waals surface area contributed by atoms with E-state index < -0.39 is 23.5 Å². The number of ketones is 1. The van der Waals surface area contributed by atoms with E-state index in [2.05, 4.69) is 9.97 Å². The Hall–Kier alpha value is -4.11. The summed E-state index contributed by atoms with van der Waals surface area (Å²) in [4.78, 5) is 36.6. The number of hydrogen-bond acceptors (Lipinski definition) is 7. The van der Waals surface area contributed by atoms with Crippen LogP contribution in [0.5, 0.6) is 11.5 Å². The molecule has 0 saturated carbocycles. The van der Waals surface area contributed by atoms with Crippen molar-refractivity contribution >= 4 is 39.6 Å². The fourth-order valence-corrected chi connectivity index (χ4v) is 5.49. The fraction of sp³-hybridized carbons (Fsp3) is 0.160. The van der Waals surface area contributed by atoms with E-state index in [0.29, 0.717) is 33.3 Å². The van der Waals surface area contributed by atoms with Gasteiger partial charge in [0.15, 0.2) is 17.3 Å². The smallest absolute Gasteiger partial charge is 0.294 e. The second-order valence-electron chi connectivity index (χ2n) is 8.14. The van der Waals surface area contributed by atoms with E-state index in [0.717, 1.165) is 15.9 Å². The molecule has 4 heterocycles. The van der Waals surface area contributed by atoms with Crippen LogP contribution in [-0.4, -0.2) is 33.6 Å². The molecule has 170 valence electrons. The summed E-state index contributed by atoms with van der Waals surface area (Å²) < 4.78 is 10.9. The first-order valence-electron chi connectivity index (χ1n) is 10.6. The number of aromatic amines is 1. The highest BCUT2D eigenvalue weighted by Crippen LogP contribution is 2.46. The number of rotatable bonds is 4. The minimum Gasteiger partial charge on any atom is -0.503 e. The van der Waals surface area contributed by atoms with Crippen LogP contribution in [0.3, 0.4) is 0 Å². The number of carbonyl (C=O) groups is 2. The normalized spacial score (nSPS) is 17.3. The van der Waals surface area contributed by atoms with Gasteiger partial charge in [-0.1, -0.05) is 18.2 Å². The highest BCUT2D eigenvalue weighted by atomic mass is 32.1. The Bertz CT molecular complexity index is 1530. The third-order valence-corrected chi connectivity index (χ3v) is 7.18. The van der Waals surface area contributed by atoms with Crippen LogP contribution in [0.2, 0.25) is 0 Å². The molecule has 0 spiro atoms. The highest BCUT2D eigenvalue weighted by molar-refractivity contribution is 7.14. The number of ether oxygens (including phenoxy) is 2. The average molecular weight is 474 g/mol. The summed E-state index contributed by atoms with van der Waals surface area (Å²) in [5.41, 5.74) is 2.64. The maximum Gasteiger partial charge on any atom is 0.294 e. The van der Waals surface area contributed by atoms with E-state index in [1.165, 1.54) is 16.2 Å². The van der Waals surface area contributed by atoms with Crippen LogP contribution in [0.4, 0.5) is 5.69 Å².